The summed E-state index contributed by atoms with van der Waals surface area (Å²) in [6.07, 6.45) is 3.44. The number of amides is 1. The maximum absolute atomic E-state index is 12.7. The molecule has 1 amide bonds. The van der Waals surface area contributed by atoms with Gasteiger partial charge in [-0.3, -0.25) is 24.2 Å². The number of nitrogens with zero attached hydrogens (tertiary/aromatic N) is 7. The van der Waals surface area contributed by atoms with E-state index in [4.69, 9.17) is 0 Å². The van der Waals surface area contributed by atoms with Crippen LogP contribution < -0.4 is 5.56 Å². The van der Waals surface area contributed by atoms with E-state index in [1.165, 1.54) is 4.68 Å². The highest BCUT2D eigenvalue weighted by atomic mass is 16.2. The second-order valence-corrected chi connectivity index (χ2v) is 7.45. The smallest absolute Gasteiger partial charge is 0.272 e. The van der Waals surface area contributed by atoms with Crippen LogP contribution in [0.4, 0.5) is 0 Å². The molecule has 1 aliphatic heterocycles. The van der Waals surface area contributed by atoms with Gasteiger partial charge in [-0.1, -0.05) is 0 Å². The third-order valence-electron chi connectivity index (χ3n) is 5.33. The van der Waals surface area contributed by atoms with Crippen LogP contribution in [-0.4, -0.2) is 73.0 Å². The summed E-state index contributed by atoms with van der Waals surface area (Å²) in [6, 6.07) is 8.86. The molecule has 9 nitrogen and oxygen atoms in total. The Bertz CT molecular complexity index is 1080. The number of hydrogen-bond donors (Lipinski definition) is 0. The molecule has 30 heavy (non-hydrogen) atoms. The number of rotatable bonds is 5. The Hall–Kier alpha value is -3.33. The van der Waals surface area contributed by atoms with Crippen molar-refractivity contribution in [2.75, 3.05) is 32.7 Å². The van der Waals surface area contributed by atoms with Crippen molar-refractivity contribution in [3.8, 4) is 11.3 Å². The van der Waals surface area contributed by atoms with Crippen molar-refractivity contribution >= 4 is 5.91 Å². The van der Waals surface area contributed by atoms with Gasteiger partial charge in [0.05, 0.1) is 17.9 Å². The summed E-state index contributed by atoms with van der Waals surface area (Å²) in [5, 5.41) is 8.74. The van der Waals surface area contributed by atoms with Crippen LogP contribution in [0.15, 0.2) is 47.5 Å². The van der Waals surface area contributed by atoms with Crippen LogP contribution in [0.25, 0.3) is 11.3 Å². The van der Waals surface area contributed by atoms with Crippen molar-refractivity contribution in [2.24, 2.45) is 7.05 Å². The van der Waals surface area contributed by atoms with E-state index in [-0.39, 0.29) is 11.5 Å². The fourth-order valence-corrected chi connectivity index (χ4v) is 3.66. The minimum Gasteiger partial charge on any atom is -0.335 e. The van der Waals surface area contributed by atoms with E-state index < -0.39 is 0 Å². The molecule has 0 N–H and O–H groups in total. The SMILES string of the molecule is Cc1cc(C(=O)N2CCN(CCn3nc(-c4cccnc4)ccc3=O)CC2)n(C)n1. The van der Waals surface area contributed by atoms with Crippen molar-refractivity contribution in [2.45, 2.75) is 13.5 Å². The van der Waals surface area contributed by atoms with E-state index in [0.717, 1.165) is 30.0 Å². The zero-order valence-corrected chi connectivity index (χ0v) is 17.2. The van der Waals surface area contributed by atoms with Gasteiger partial charge in [-0.05, 0) is 31.2 Å². The van der Waals surface area contributed by atoms with Crippen molar-refractivity contribution in [3.63, 3.8) is 0 Å². The van der Waals surface area contributed by atoms with E-state index in [9.17, 15) is 9.59 Å². The molecule has 1 fully saturated rings. The third-order valence-corrected chi connectivity index (χ3v) is 5.33. The lowest BCUT2D eigenvalue weighted by Gasteiger charge is -2.34. The molecule has 0 atom stereocenters. The van der Waals surface area contributed by atoms with Gasteiger partial charge < -0.3 is 4.90 Å². The highest BCUT2D eigenvalue weighted by Gasteiger charge is 2.24. The fraction of sp³-hybridized carbons (Fsp3) is 0.381. The van der Waals surface area contributed by atoms with Crippen molar-refractivity contribution in [1.29, 1.82) is 0 Å². The Kier molecular flexibility index (Phi) is 5.71. The van der Waals surface area contributed by atoms with Gasteiger partial charge in [-0.25, -0.2) is 4.68 Å². The largest absolute Gasteiger partial charge is 0.335 e. The van der Waals surface area contributed by atoms with Gasteiger partial charge in [0.2, 0.25) is 0 Å². The van der Waals surface area contributed by atoms with E-state index in [2.05, 4.69) is 20.1 Å². The second kappa shape index (κ2) is 8.58. The molecule has 3 aromatic rings. The molecule has 0 spiro atoms. The molecule has 0 radical (unpaired) electrons. The average Bonchev–Trinajstić information content (AvgIpc) is 3.11. The van der Waals surface area contributed by atoms with Crippen LogP contribution in [-0.2, 0) is 13.6 Å². The molecular weight excluding hydrogens is 382 g/mol. The van der Waals surface area contributed by atoms with E-state index in [1.54, 1.807) is 36.3 Å². The molecule has 3 aromatic heterocycles. The molecule has 9 heteroatoms. The fourth-order valence-electron chi connectivity index (χ4n) is 3.66. The molecule has 1 aliphatic rings. The minimum atomic E-state index is -0.122. The molecule has 0 aromatic carbocycles. The van der Waals surface area contributed by atoms with Crippen LogP contribution in [0.2, 0.25) is 0 Å². The Morgan fingerprint density at radius 2 is 1.87 bits per heavy atom. The summed E-state index contributed by atoms with van der Waals surface area (Å²) in [6.45, 7) is 5.92. The van der Waals surface area contributed by atoms with Crippen LogP contribution in [0.5, 0.6) is 0 Å². The number of hydrogen-bond acceptors (Lipinski definition) is 6. The zero-order valence-electron chi connectivity index (χ0n) is 17.2. The Morgan fingerprint density at radius 3 is 2.53 bits per heavy atom. The maximum atomic E-state index is 12.7. The first kappa shape index (κ1) is 20.0. The number of carbonyl (C=O) groups excluding carboxylic acids is 1. The average molecular weight is 407 g/mol. The molecule has 0 unspecified atom stereocenters. The van der Waals surface area contributed by atoms with Gasteiger partial charge in [-0.15, -0.1) is 0 Å². The first-order chi connectivity index (χ1) is 14.5. The van der Waals surface area contributed by atoms with E-state index in [1.807, 2.05) is 30.0 Å². The second-order valence-electron chi connectivity index (χ2n) is 7.45. The minimum absolute atomic E-state index is 0.0137. The lowest BCUT2D eigenvalue weighted by molar-refractivity contribution is 0.0621. The number of pyridine rings is 1. The van der Waals surface area contributed by atoms with Crippen LogP contribution in [0.1, 0.15) is 16.2 Å². The first-order valence-corrected chi connectivity index (χ1v) is 10.0. The van der Waals surface area contributed by atoms with Crippen molar-refractivity contribution in [1.82, 2.24) is 34.3 Å². The highest BCUT2D eigenvalue weighted by molar-refractivity contribution is 5.92. The molecule has 156 valence electrons. The van der Waals surface area contributed by atoms with Crippen molar-refractivity contribution < 1.29 is 4.79 Å². The predicted octanol–water partition coefficient (Wildman–Crippen LogP) is 0.805. The molecular formula is C21H25N7O2. The highest BCUT2D eigenvalue weighted by Crippen LogP contribution is 2.13. The molecule has 4 heterocycles. The summed E-state index contributed by atoms with van der Waals surface area (Å²) in [7, 11) is 1.79. The van der Waals surface area contributed by atoms with E-state index in [0.29, 0.717) is 31.9 Å². The normalized spacial score (nSPS) is 14.8. The standard InChI is InChI=1S/C21H25N7O2/c1-16-14-19(25(2)23-16)21(30)27-11-8-26(9-12-27)10-13-28-20(29)6-5-18(24-28)17-4-3-7-22-15-17/h3-7,14-15H,8-13H2,1-2H3. The number of piperazine rings is 1. The summed E-state index contributed by atoms with van der Waals surface area (Å²) < 4.78 is 3.13. The van der Waals surface area contributed by atoms with Gasteiger partial charge in [0, 0.05) is 63.8 Å². The predicted molar refractivity (Wildman–Crippen MR) is 112 cm³/mol. The third kappa shape index (κ3) is 4.30. The summed E-state index contributed by atoms with van der Waals surface area (Å²) in [5.41, 5.74) is 2.94. The number of aromatic nitrogens is 5. The van der Waals surface area contributed by atoms with Crippen LogP contribution in [0, 0.1) is 6.92 Å². The van der Waals surface area contributed by atoms with E-state index >= 15 is 0 Å². The number of carbonyl (C=O) groups is 1. The monoisotopic (exact) mass is 407 g/mol. The van der Waals surface area contributed by atoms with Gasteiger partial charge in [-0.2, -0.15) is 10.2 Å². The topological polar surface area (TPSA) is 89.2 Å². The van der Waals surface area contributed by atoms with Crippen LogP contribution >= 0.6 is 0 Å². The Balaban J connectivity index is 1.34. The maximum Gasteiger partial charge on any atom is 0.272 e. The summed E-state index contributed by atoms with van der Waals surface area (Å²) in [5.74, 6) is 0.0137. The molecule has 0 bridgehead atoms. The zero-order chi connectivity index (χ0) is 21.1. The Morgan fingerprint density at radius 1 is 1.07 bits per heavy atom. The van der Waals surface area contributed by atoms with Gasteiger partial charge in [0.1, 0.15) is 5.69 Å². The summed E-state index contributed by atoms with van der Waals surface area (Å²) in [4.78, 5) is 33.2. The molecule has 1 saturated heterocycles. The molecule has 0 saturated carbocycles. The lowest BCUT2D eigenvalue weighted by atomic mass is 10.2. The lowest BCUT2D eigenvalue weighted by Crippen LogP contribution is -2.50. The van der Waals surface area contributed by atoms with Crippen molar-refractivity contribution in [3.05, 3.63) is 64.5 Å². The quantitative estimate of drug-likeness (QED) is 0.622. The Labute approximate surface area is 174 Å². The van der Waals surface area contributed by atoms with Gasteiger partial charge >= 0.3 is 0 Å². The van der Waals surface area contributed by atoms with Gasteiger partial charge in [0.25, 0.3) is 11.5 Å². The van der Waals surface area contributed by atoms with Crippen LogP contribution in [0.3, 0.4) is 0 Å². The number of aryl methyl sites for hydroxylation is 2. The molecule has 0 aliphatic carbocycles. The van der Waals surface area contributed by atoms with Gasteiger partial charge in [0.15, 0.2) is 0 Å². The first-order valence-electron chi connectivity index (χ1n) is 10.0. The molecule has 4 rings (SSSR count). The summed E-state index contributed by atoms with van der Waals surface area (Å²) >= 11 is 0.